The van der Waals surface area contributed by atoms with Gasteiger partial charge in [0.05, 0.1) is 32.7 Å². The van der Waals surface area contributed by atoms with Crippen LogP contribution in [0.4, 0.5) is 0 Å². The Balaban J connectivity index is 3.85. The molecule has 0 aromatic rings. The van der Waals surface area contributed by atoms with Crippen LogP contribution in [0, 0.1) is 0 Å². The fourth-order valence-electron chi connectivity index (χ4n) is 1.14. The first-order valence-corrected chi connectivity index (χ1v) is 10.9. The molecule has 0 aromatic heterocycles. The first kappa shape index (κ1) is 22.6. The quantitative estimate of drug-likeness (QED) is 0.153. The lowest BCUT2D eigenvalue weighted by Gasteiger charge is -2.11. The molecule has 0 saturated heterocycles. The number of rotatable bonds is 10. The van der Waals surface area contributed by atoms with Crippen molar-refractivity contribution in [3.05, 3.63) is 0 Å². The molecule has 138 valence electrons. The lowest BCUT2D eigenvalue weighted by Crippen LogP contribution is -2.45. The molecule has 24 heavy (non-hydrogen) atoms. The molecule has 0 aliphatic heterocycles. The van der Waals surface area contributed by atoms with Crippen molar-refractivity contribution in [2.75, 3.05) is 39.0 Å². The first-order valence-electron chi connectivity index (χ1n) is 6.63. The van der Waals surface area contributed by atoms with Gasteiger partial charge in [0.25, 0.3) is 0 Å². The smallest absolute Gasteiger partial charge is 0.239 e. The van der Waals surface area contributed by atoms with Crippen LogP contribution in [-0.2, 0) is 24.0 Å². The van der Waals surface area contributed by atoms with E-state index in [0.717, 1.165) is 0 Å². The molecule has 13 heteroatoms. The van der Waals surface area contributed by atoms with Crippen molar-refractivity contribution in [1.29, 1.82) is 0 Å². The zero-order chi connectivity index (χ0) is 18.5. The highest BCUT2D eigenvalue weighted by molar-refractivity contribution is 9.18. The Morgan fingerprint density at radius 1 is 0.833 bits per heavy atom. The van der Waals surface area contributed by atoms with Crippen LogP contribution < -0.4 is 27.0 Å². The second kappa shape index (κ2) is 12.9. The van der Waals surface area contributed by atoms with E-state index in [0.29, 0.717) is 0 Å². The first-order chi connectivity index (χ1) is 11.3. The number of hydrogen-bond donors (Lipinski definition) is 7. The lowest BCUT2D eigenvalue weighted by atomic mass is 10.4. The van der Waals surface area contributed by atoms with Gasteiger partial charge in [-0.15, -0.1) is 22.5 Å². The molecule has 1 unspecified atom stereocenters. The largest absolute Gasteiger partial charge is 0.347 e. The molecule has 0 radical (unpaired) electrons. The number of nitrogens with one attached hydrogen (secondary N) is 4. The van der Waals surface area contributed by atoms with Crippen LogP contribution in [-0.4, -0.2) is 67.7 Å². The van der Waals surface area contributed by atoms with E-state index < -0.39 is 32.6 Å². The van der Waals surface area contributed by atoms with Crippen LogP contribution in [0.15, 0.2) is 0 Å². The fourth-order valence-corrected chi connectivity index (χ4v) is 2.57. The van der Waals surface area contributed by atoms with Crippen molar-refractivity contribution >= 4 is 60.2 Å². The molecule has 1 atom stereocenters. The molecule has 6 N–H and O–H groups in total. The molecule has 10 nitrogen and oxygen atoms in total. The Kier molecular flexibility index (Phi) is 12.1. The number of hydrogen-bond acceptors (Lipinski definition) is 8. The van der Waals surface area contributed by atoms with Crippen LogP contribution in [0.25, 0.3) is 0 Å². The molecular formula is C11H21N5O5S3. The van der Waals surface area contributed by atoms with Gasteiger partial charge in [-0.3, -0.25) is 24.0 Å². The molecule has 0 aliphatic carbocycles. The van der Waals surface area contributed by atoms with Gasteiger partial charge < -0.3 is 27.0 Å². The monoisotopic (exact) mass is 399 g/mol. The summed E-state index contributed by atoms with van der Waals surface area (Å²) < 4.78 is 0. The van der Waals surface area contributed by atoms with E-state index in [1.807, 2.05) is 0 Å². The Morgan fingerprint density at radius 2 is 1.21 bits per heavy atom. The minimum absolute atomic E-state index is 0.150. The second-order valence-corrected chi connectivity index (χ2v) is 9.77. The van der Waals surface area contributed by atoms with E-state index >= 15 is 0 Å². The Labute approximate surface area is 150 Å². The molecule has 0 aliphatic rings. The summed E-state index contributed by atoms with van der Waals surface area (Å²) >= 11 is 4.08. The average molecular weight is 400 g/mol. The molecule has 0 fully saturated rings. The molecule has 0 spiro atoms. The Hall–Kier alpha value is -1.44. The normalized spacial score (nSPS) is 11.9. The minimum Gasteiger partial charge on any atom is -0.347 e. The van der Waals surface area contributed by atoms with Crippen molar-refractivity contribution < 1.29 is 24.0 Å². The van der Waals surface area contributed by atoms with Crippen LogP contribution in [0.3, 0.4) is 0 Å². The molecule has 0 rings (SSSR count). The number of amides is 4. The summed E-state index contributed by atoms with van der Waals surface area (Å²) in [7, 11) is 0.174. The molecule has 0 bridgehead atoms. The zero-order valence-electron chi connectivity index (χ0n) is 13.0. The summed E-state index contributed by atoms with van der Waals surface area (Å²) in [6.45, 7) is -1.36. The van der Waals surface area contributed by atoms with Gasteiger partial charge in [0.15, 0.2) is 0 Å². The highest BCUT2D eigenvalue weighted by atomic mass is 33.5. The molecule has 4 amide bonds. The van der Waals surface area contributed by atoms with E-state index in [1.165, 1.54) is 10.8 Å². The summed E-state index contributed by atoms with van der Waals surface area (Å²) in [6.07, 6.45) is 1.74. The van der Waals surface area contributed by atoms with E-state index in [4.69, 9.17) is 5.73 Å². The SMILES string of the molecule is CS[SH](S)C(=O)CNC(=O)CNC(=O)CNC(=O)CNC(=O)CN. The second-order valence-electron chi connectivity index (χ2n) is 4.16. The maximum Gasteiger partial charge on any atom is 0.239 e. The lowest BCUT2D eigenvalue weighted by molar-refractivity contribution is -0.128. The van der Waals surface area contributed by atoms with Gasteiger partial charge >= 0.3 is 0 Å². The summed E-state index contributed by atoms with van der Waals surface area (Å²) in [4.78, 5) is 56.5. The number of carbonyl (C=O) groups is 5. The van der Waals surface area contributed by atoms with E-state index in [9.17, 15) is 24.0 Å². The topological polar surface area (TPSA) is 159 Å². The predicted molar refractivity (Wildman–Crippen MR) is 97.6 cm³/mol. The van der Waals surface area contributed by atoms with Gasteiger partial charge in [-0.05, 0) is 6.26 Å². The fraction of sp³-hybridized carbons (Fsp3) is 0.545. The molecular weight excluding hydrogens is 378 g/mol. The van der Waals surface area contributed by atoms with Gasteiger partial charge in [0.2, 0.25) is 28.7 Å². The van der Waals surface area contributed by atoms with Crippen molar-refractivity contribution in [2.45, 2.75) is 0 Å². The van der Waals surface area contributed by atoms with Crippen molar-refractivity contribution in [1.82, 2.24) is 21.3 Å². The maximum absolute atomic E-state index is 11.5. The Bertz CT molecular complexity index is 491. The van der Waals surface area contributed by atoms with Gasteiger partial charge in [0, 0.05) is 0 Å². The molecule has 0 aromatic carbocycles. The zero-order valence-corrected chi connectivity index (χ0v) is 15.6. The van der Waals surface area contributed by atoms with Crippen LogP contribution in [0.5, 0.6) is 0 Å². The highest BCUT2D eigenvalue weighted by Crippen LogP contribution is 2.42. The number of thiol groups is 2. The third-order valence-corrected chi connectivity index (χ3v) is 7.06. The molecule has 0 saturated carbocycles. The summed E-state index contributed by atoms with van der Waals surface area (Å²) in [5.74, 6) is -2.18. The minimum atomic E-state index is -1.13. The van der Waals surface area contributed by atoms with Crippen molar-refractivity contribution in [2.24, 2.45) is 5.73 Å². The van der Waals surface area contributed by atoms with Crippen molar-refractivity contribution in [3.63, 3.8) is 0 Å². The summed E-state index contributed by atoms with van der Waals surface area (Å²) in [5, 5.41) is 8.94. The third-order valence-electron chi connectivity index (χ3n) is 2.35. The van der Waals surface area contributed by atoms with Gasteiger partial charge in [-0.2, -0.15) is 0 Å². The highest BCUT2D eigenvalue weighted by Gasteiger charge is 2.11. The molecule has 0 heterocycles. The predicted octanol–water partition coefficient (Wildman–Crippen LogP) is -2.94. The van der Waals surface area contributed by atoms with E-state index in [1.54, 1.807) is 6.26 Å². The van der Waals surface area contributed by atoms with Gasteiger partial charge in [-0.25, -0.2) is 0 Å². The average Bonchev–Trinajstić information content (AvgIpc) is 2.59. The Morgan fingerprint density at radius 3 is 1.58 bits per heavy atom. The number of nitrogens with two attached hydrogens (primary N) is 1. The van der Waals surface area contributed by atoms with Crippen LogP contribution in [0.1, 0.15) is 0 Å². The standard InChI is InChI=1S/C11H21N5O5S3/c1-23-24(22)11(21)6-16-10(20)5-15-9(19)4-14-8(18)3-13-7(17)2-12/h22,24H,2-6,12H2,1H3,(H,13,17)(H,14,18)(H,15,19)(H,16,20). The number of carbonyl (C=O) groups excluding carboxylic acids is 5. The van der Waals surface area contributed by atoms with Gasteiger partial charge in [-0.1, -0.05) is 8.96 Å². The van der Waals surface area contributed by atoms with Gasteiger partial charge in [0.1, 0.15) is 0 Å². The van der Waals surface area contributed by atoms with E-state index in [-0.39, 0.29) is 37.8 Å². The summed E-state index contributed by atoms with van der Waals surface area (Å²) in [5.41, 5.74) is 5.04. The maximum atomic E-state index is 11.5. The van der Waals surface area contributed by atoms with Crippen molar-refractivity contribution in [3.8, 4) is 0 Å². The van der Waals surface area contributed by atoms with Crippen LogP contribution >= 0.6 is 31.4 Å². The third kappa shape index (κ3) is 11.2. The van der Waals surface area contributed by atoms with E-state index in [2.05, 4.69) is 32.9 Å². The summed E-state index contributed by atoms with van der Waals surface area (Å²) in [6, 6.07) is 0. The van der Waals surface area contributed by atoms with Crippen LogP contribution in [0.2, 0.25) is 0 Å².